The van der Waals surface area contributed by atoms with Gasteiger partial charge in [-0.3, -0.25) is 9.48 Å². The Morgan fingerprint density at radius 2 is 2.00 bits per heavy atom. The zero-order valence-electron chi connectivity index (χ0n) is 11.8. The third-order valence-corrected chi connectivity index (χ3v) is 2.85. The second-order valence-electron chi connectivity index (χ2n) is 4.46. The molecule has 1 aromatic carbocycles. The first-order valence-corrected chi connectivity index (χ1v) is 6.30. The first-order chi connectivity index (χ1) is 9.99. The first kappa shape index (κ1) is 14.6. The number of aromatic nitrogens is 2. The molecule has 0 bridgehead atoms. The molecule has 0 aliphatic rings. The van der Waals surface area contributed by atoms with Crippen LogP contribution in [0.4, 0.5) is 11.4 Å². The van der Waals surface area contributed by atoms with Crippen molar-refractivity contribution in [3.05, 3.63) is 41.7 Å². The van der Waals surface area contributed by atoms with Gasteiger partial charge < -0.3 is 15.8 Å². The molecule has 7 heteroatoms. The zero-order valence-corrected chi connectivity index (χ0v) is 11.8. The molecule has 0 spiro atoms. The van der Waals surface area contributed by atoms with Crippen LogP contribution in [0.5, 0.6) is 0 Å². The van der Waals surface area contributed by atoms with E-state index < -0.39 is 18.5 Å². The summed E-state index contributed by atoms with van der Waals surface area (Å²) in [5.74, 6) is -1.11. The highest BCUT2D eigenvalue weighted by Crippen LogP contribution is 2.16. The molecule has 0 aliphatic carbocycles. The number of hydrogen-bond donors (Lipinski definition) is 2. The number of nitrogens with one attached hydrogen (secondary N) is 1. The van der Waals surface area contributed by atoms with Crippen molar-refractivity contribution < 1.29 is 14.3 Å². The molecule has 0 unspecified atom stereocenters. The third kappa shape index (κ3) is 3.38. The number of amides is 1. The normalized spacial score (nSPS) is 10.2. The summed E-state index contributed by atoms with van der Waals surface area (Å²) in [4.78, 5) is 23.6. The van der Waals surface area contributed by atoms with E-state index in [1.54, 1.807) is 38.2 Å². The van der Waals surface area contributed by atoms with E-state index in [0.717, 1.165) is 0 Å². The Balaban J connectivity index is 1.93. The molecule has 1 aromatic heterocycles. The average molecular weight is 288 g/mol. The van der Waals surface area contributed by atoms with Crippen molar-refractivity contribution in [1.82, 2.24) is 9.78 Å². The molecule has 110 valence electrons. The number of rotatable bonds is 4. The number of aryl methyl sites for hydroxylation is 2. The Morgan fingerprint density at radius 1 is 1.33 bits per heavy atom. The van der Waals surface area contributed by atoms with Crippen LogP contribution in [0.3, 0.4) is 0 Å². The van der Waals surface area contributed by atoms with E-state index in [1.807, 2.05) is 6.07 Å². The van der Waals surface area contributed by atoms with Gasteiger partial charge in [0.2, 0.25) is 0 Å². The van der Waals surface area contributed by atoms with Crippen molar-refractivity contribution in [2.45, 2.75) is 6.92 Å². The number of ether oxygens (including phenoxy) is 1. The number of anilines is 2. The second kappa shape index (κ2) is 6.08. The fourth-order valence-corrected chi connectivity index (χ4v) is 1.83. The monoisotopic (exact) mass is 288 g/mol. The van der Waals surface area contributed by atoms with Crippen molar-refractivity contribution in [2.75, 3.05) is 17.7 Å². The van der Waals surface area contributed by atoms with Gasteiger partial charge in [-0.2, -0.15) is 5.10 Å². The Hall–Kier alpha value is -2.83. The van der Waals surface area contributed by atoms with Crippen LogP contribution in [0.15, 0.2) is 30.3 Å². The topological polar surface area (TPSA) is 99.2 Å². The highest BCUT2D eigenvalue weighted by atomic mass is 16.5. The predicted molar refractivity (Wildman–Crippen MR) is 77.7 cm³/mol. The molecule has 1 heterocycles. The minimum Gasteiger partial charge on any atom is -0.451 e. The van der Waals surface area contributed by atoms with Gasteiger partial charge in [0.15, 0.2) is 12.3 Å². The lowest BCUT2D eigenvalue weighted by Gasteiger charge is -2.07. The smallest absolute Gasteiger partial charge is 0.359 e. The van der Waals surface area contributed by atoms with E-state index in [0.29, 0.717) is 11.4 Å². The van der Waals surface area contributed by atoms with Gasteiger partial charge in [0.1, 0.15) is 0 Å². The standard InChI is InChI=1S/C14H16N4O3/c1-9-12(15)13(18(2)17-9)14(20)21-8-11(19)16-10-6-4-3-5-7-10/h3-7H,8,15H2,1-2H3,(H,16,19). The van der Waals surface area contributed by atoms with Gasteiger partial charge in [-0.15, -0.1) is 0 Å². The lowest BCUT2D eigenvalue weighted by atomic mass is 10.3. The molecule has 7 nitrogen and oxygen atoms in total. The number of nitrogen functional groups attached to an aromatic ring is 1. The number of benzene rings is 1. The maximum Gasteiger partial charge on any atom is 0.359 e. The van der Waals surface area contributed by atoms with Gasteiger partial charge in [0, 0.05) is 12.7 Å². The molecule has 0 saturated heterocycles. The van der Waals surface area contributed by atoms with E-state index in [4.69, 9.17) is 10.5 Å². The Bertz CT molecular complexity index is 664. The van der Waals surface area contributed by atoms with Gasteiger partial charge >= 0.3 is 5.97 Å². The minimum atomic E-state index is -0.682. The summed E-state index contributed by atoms with van der Waals surface area (Å²) < 4.78 is 6.28. The molecule has 0 radical (unpaired) electrons. The molecule has 21 heavy (non-hydrogen) atoms. The number of carbonyl (C=O) groups is 2. The Morgan fingerprint density at radius 3 is 2.57 bits per heavy atom. The highest BCUT2D eigenvalue weighted by Gasteiger charge is 2.20. The lowest BCUT2D eigenvalue weighted by Crippen LogP contribution is -2.22. The molecular formula is C14H16N4O3. The number of nitrogens with two attached hydrogens (primary N) is 1. The van der Waals surface area contributed by atoms with E-state index in [2.05, 4.69) is 10.4 Å². The maximum absolute atomic E-state index is 11.9. The summed E-state index contributed by atoms with van der Waals surface area (Å²) in [7, 11) is 1.59. The molecule has 3 N–H and O–H groups in total. The van der Waals surface area contributed by atoms with Gasteiger partial charge in [-0.1, -0.05) is 18.2 Å². The fraction of sp³-hybridized carbons (Fsp3) is 0.214. The van der Waals surface area contributed by atoms with Crippen LogP contribution in [0.1, 0.15) is 16.2 Å². The van der Waals surface area contributed by atoms with Crippen LogP contribution < -0.4 is 11.1 Å². The number of esters is 1. The van der Waals surface area contributed by atoms with Gasteiger partial charge in [-0.25, -0.2) is 4.79 Å². The number of nitrogens with zero attached hydrogens (tertiary/aromatic N) is 2. The summed E-state index contributed by atoms with van der Waals surface area (Å²) in [6, 6.07) is 8.90. The minimum absolute atomic E-state index is 0.139. The quantitative estimate of drug-likeness (QED) is 0.821. The summed E-state index contributed by atoms with van der Waals surface area (Å²) in [6.07, 6.45) is 0. The zero-order chi connectivity index (χ0) is 15.4. The molecule has 0 atom stereocenters. The summed E-state index contributed by atoms with van der Waals surface area (Å²) in [5, 5.41) is 6.63. The summed E-state index contributed by atoms with van der Waals surface area (Å²) >= 11 is 0. The maximum atomic E-state index is 11.9. The van der Waals surface area contributed by atoms with Crippen LogP contribution in [-0.2, 0) is 16.6 Å². The second-order valence-corrected chi connectivity index (χ2v) is 4.46. The van der Waals surface area contributed by atoms with E-state index in [9.17, 15) is 9.59 Å². The van der Waals surface area contributed by atoms with Crippen LogP contribution in [-0.4, -0.2) is 28.3 Å². The summed E-state index contributed by atoms with van der Waals surface area (Å²) in [6.45, 7) is 1.30. The largest absolute Gasteiger partial charge is 0.451 e. The fourth-order valence-electron chi connectivity index (χ4n) is 1.83. The molecule has 2 aromatic rings. The Kier molecular flexibility index (Phi) is 4.22. The Labute approximate surface area is 121 Å². The highest BCUT2D eigenvalue weighted by molar-refractivity contribution is 5.97. The number of carbonyl (C=O) groups excluding carboxylic acids is 2. The van der Waals surface area contributed by atoms with E-state index >= 15 is 0 Å². The predicted octanol–water partition coefficient (Wildman–Crippen LogP) is 1.11. The lowest BCUT2D eigenvalue weighted by molar-refractivity contribution is -0.119. The third-order valence-electron chi connectivity index (χ3n) is 2.85. The van der Waals surface area contributed by atoms with Crippen LogP contribution in [0.2, 0.25) is 0 Å². The SMILES string of the molecule is Cc1nn(C)c(C(=O)OCC(=O)Nc2ccccc2)c1N. The number of para-hydroxylation sites is 1. The number of hydrogen-bond acceptors (Lipinski definition) is 5. The van der Waals surface area contributed by atoms with Crippen molar-refractivity contribution >= 4 is 23.3 Å². The van der Waals surface area contributed by atoms with Crippen LogP contribution in [0.25, 0.3) is 0 Å². The molecule has 1 amide bonds. The van der Waals surface area contributed by atoms with Gasteiger partial charge in [-0.05, 0) is 19.1 Å². The van der Waals surface area contributed by atoms with Crippen LogP contribution in [0, 0.1) is 6.92 Å². The van der Waals surface area contributed by atoms with Gasteiger partial charge in [0.05, 0.1) is 11.4 Å². The molecule has 0 fully saturated rings. The van der Waals surface area contributed by atoms with Crippen molar-refractivity contribution in [3.63, 3.8) is 0 Å². The molecule has 2 rings (SSSR count). The first-order valence-electron chi connectivity index (χ1n) is 6.30. The van der Waals surface area contributed by atoms with E-state index in [1.165, 1.54) is 4.68 Å². The van der Waals surface area contributed by atoms with E-state index in [-0.39, 0.29) is 11.4 Å². The van der Waals surface area contributed by atoms with Crippen molar-refractivity contribution in [3.8, 4) is 0 Å². The van der Waals surface area contributed by atoms with Crippen LogP contribution >= 0.6 is 0 Å². The summed E-state index contributed by atoms with van der Waals surface area (Å²) in [5.41, 5.74) is 7.32. The molecule has 0 aliphatic heterocycles. The molecule has 0 saturated carbocycles. The average Bonchev–Trinajstić information content (AvgIpc) is 2.71. The van der Waals surface area contributed by atoms with Crippen molar-refractivity contribution in [1.29, 1.82) is 0 Å². The van der Waals surface area contributed by atoms with Crippen molar-refractivity contribution in [2.24, 2.45) is 7.05 Å². The molecular weight excluding hydrogens is 272 g/mol. The van der Waals surface area contributed by atoms with Gasteiger partial charge in [0.25, 0.3) is 5.91 Å².